The predicted molar refractivity (Wildman–Crippen MR) is 84.5 cm³/mol. The van der Waals surface area contributed by atoms with Crippen molar-refractivity contribution in [1.29, 1.82) is 0 Å². The van der Waals surface area contributed by atoms with Crippen molar-refractivity contribution in [3.05, 3.63) is 59.2 Å². The van der Waals surface area contributed by atoms with Crippen molar-refractivity contribution in [2.45, 2.75) is 0 Å². The Morgan fingerprint density at radius 2 is 1.48 bits per heavy atom. The number of carbonyl (C=O) groups is 2. The molecule has 0 aliphatic carbocycles. The molecule has 0 amide bonds. The average molecular weight is 313 g/mol. The molecule has 0 unspecified atom stereocenters. The molecule has 6 heteroatoms. The summed E-state index contributed by atoms with van der Waals surface area (Å²) in [7, 11) is 2.52. The summed E-state index contributed by atoms with van der Waals surface area (Å²) >= 11 is 0. The second-order valence-electron chi connectivity index (χ2n) is 4.60. The lowest BCUT2D eigenvalue weighted by Gasteiger charge is -2.05. The Hall–Kier alpha value is -3.15. The zero-order chi connectivity index (χ0) is 16.8. The molecule has 0 heterocycles. The van der Waals surface area contributed by atoms with Crippen LogP contribution in [0.3, 0.4) is 0 Å². The van der Waals surface area contributed by atoms with Crippen LogP contribution in [0.4, 0.5) is 5.69 Å². The van der Waals surface area contributed by atoms with Crippen LogP contribution < -0.4 is 0 Å². The van der Waals surface area contributed by atoms with E-state index in [4.69, 9.17) is 0 Å². The molecule has 2 aromatic rings. The number of phenols is 1. The second kappa shape index (κ2) is 7.22. The monoisotopic (exact) mass is 313 g/mol. The maximum atomic E-state index is 11.7. The van der Waals surface area contributed by atoms with E-state index in [1.165, 1.54) is 38.6 Å². The first kappa shape index (κ1) is 16.2. The van der Waals surface area contributed by atoms with E-state index >= 15 is 0 Å². The van der Waals surface area contributed by atoms with Crippen molar-refractivity contribution in [2.24, 2.45) is 4.99 Å². The van der Waals surface area contributed by atoms with Crippen LogP contribution in [0.5, 0.6) is 5.75 Å². The molecule has 6 nitrogen and oxygen atoms in total. The lowest BCUT2D eigenvalue weighted by Crippen LogP contribution is -2.07. The molecule has 0 aliphatic heterocycles. The number of esters is 2. The van der Waals surface area contributed by atoms with Crippen LogP contribution in [0.1, 0.15) is 26.3 Å². The lowest BCUT2D eigenvalue weighted by atomic mass is 10.1. The van der Waals surface area contributed by atoms with Gasteiger partial charge in [0.25, 0.3) is 0 Å². The standard InChI is InChI=1S/C17H15NO5/c1-22-16(20)12-7-11(8-13(9-12)17(21)23-2)10-18-14-3-5-15(19)6-4-14/h3-10,19H,1-2H3/b18-10+. The molecule has 0 radical (unpaired) electrons. The van der Waals surface area contributed by atoms with Crippen molar-refractivity contribution in [3.63, 3.8) is 0 Å². The SMILES string of the molecule is COC(=O)c1cc(/C=N/c2ccc(O)cc2)cc(C(=O)OC)c1. The van der Waals surface area contributed by atoms with E-state index in [2.05, 4.69) is 14.5 Å². The van der Waals surface area contributed by atoms with Crippen LogP contribution in [-0.4, -0.2) is 37.5 Å². The highest BCUT2D eigenvalue weighted by molar-refractivity contribution is 5.98. The summed E-state index contributed by atoms with van der Waals surface area (Å²) in [6.45, 7) is 0. The summed E-state index contributed by atoms with van der Waals surface area (Å²) in [6.07, 6.45) is 1.51. The fraction of sp³-hybridized carbons (Fsp3) is 0.118. The van der Waals surface area contributed by atoms with Crippen molar-refractivity contribution < 1.29 is 24.2 Å². The van der Waals surface area contributed by atoms with Gasteiger partial charge in [0.2, 0.25) is 0 Å². The molecule has 1 N–H and O–H groups in total. The second-order valence-corrected chi connectivity index (χ2v) is 4.60. The average Bonchev–Trinajstić information content (AvgIpc) is 2.59. The van der Waals surface area contributed by atoms with Crippen molar-refractivity contribution >= 4 is 23.8 Å². The van der Waals surface area contributed by atoms with Crippen molar-refractivity contribution in [3.8, 4) is 5.75 Å². The molecule has 0 aromatic heterocycles. The molecule has 0 aliphatic rings. The van der Waals surface area contributed by atoms with E-state index in [1.54, 1.807) is 24.3 Å². The third-order valence-corrected chi connectivity index (χ3v) is 3.01. The Bertz CT molecular complexity index is 716. The number of rotatable bonds is 4. The molecule has 0 atom stereocenters. The number of aromatic hydroxyl groups is 1. The minimum atomic E-state index is -0.560. The molecule has 0 saturated carbocycles. The normalized spacial score (nSPS) is 10.5. The number of ether oxygens (including phenoxy) is 2. The largest absolute Gasteiger partial charge is 0.508 e. The Morgan fingerprint density at radius 1 is 0.957 bits per heavy atom. The van der Waals surface area contributed by atoms with Gasteiger partial charge in [-0.2, -0.15) is 0 Å². The molecule has 2 rings (SSSR count). The van der Waals surface area contributed by atoms with Gasteiger partial charge in [-0.25, -0.2) is 9.59 Å². The van der Waals surface area contributed by atoms with Gasteiger partial charge in [-0.15, -0.1) is 0 Å². The first-order chi connectivity index (χ1) is 11.0. The van der Waals surface area contributed by atoms with Gasteiger partial charge in [0, 0.05) is 6.21 Å². The topological polar surface area (TPSA) is 85.2 Å². The molecule has 0 saturated heterocycles. The summed E-state index contributed by atoms with van der Waals surface area (Å²) in [4.78, 5) is 27.6. The fourth-order valence-corrected chi connectivity index (χ4v) is 1.89. The summed E-state index contributed by atoms with van der Waals surface area (Å²) in [5.74, 6) is -0.977. The smallest absolute Gasteiger partial charge is 0.337 e. The minimum absolute atomic E-state index is 0.143. The molecule has 23 heavy (non-hydrogen) atoms. The Morgan fingerprint density at radius 3 is 1.96 bits per heavy atom. The van der Waals surface area contributed by atoms with Crippen molar-refractivity contribution in [2.75, 3.05) is 14.2 Å². The quantitative estimate of drug-likeness (QED) is 0.693. The first-order valence-corrected chi connectivity index (χ1v) is 6.68. The van der Waals surface area contributed by atoms with E-state index < -0.39 is 11.9 Å². The van der Waals surface area contributed by atoms with E-state index in [0.29, 0.717) is 11.3 Å². The van der Waals surface area contributed by atoms with E-state index in [-0.39, 0.29) is 16.9 Å². The highest BCUT2D eigenvalue weighted by atomic mass is 16.5. The van der Waals surface area contributed by atoms with Gasteiger partial charge in [-0.1, -0.05) is 0 Å². The van der Waals surface area contributed by atoms with Gasteiger partial charge in [0.05, 0.1) is 31.0 Å². The van der Waals surface area contributed by atoms with Crippen LogP contribution in [-0.2, 0) is 9.47 Å². The van der Waals surface area contributed by atoms with E-state index in [0.717, 1.165) is 0 Å². The van der Waals surface area contributed by atoms with Gasteiger partial charge in [0.15, 0.2) is 0 Å². The maximum Gasteiger partial charge on any atom is 0.337 e. The number of aliphatic imine (C=N–C) groups is 1. The first-order valence-electron chi connectivity index (χ1n) is 6.68. The summed E-state index contributed by atoms with van der Waals surface area (Å²) in [5.41, 5.74) is 1.61. The highest BCUT2D eigenvalue weighted by Gasteiger charge is 2.13. The fourth-order valence-electron chi connectivity index (χ4n) is 1.89. The summed E-state index contributed by atoms with van der Waals surface area (Å²) in [5, 5.41) is 9.24. The number of hydrogen-bond donors (Lipinski definition) is 1. The third kappa shape index (κ3) is 4.16. The molecule has 0 fully saturated rings. The molecule has 118 valence electrons. The van der Waals surface area contributed by atoms with Gasteiger partial charge >= 0.3 is 11.9 Å². The van der Waals surface area contributed by atoms with E-state index in [9.17, 15) is 14.7 Å². The molecule has 2 aromatic carbocycles. The molecule has 0 spiro atoms. The number of methoxy groups -OCH3 is 2. The van der Waals surface area contributed by atoms with Crippen molar-refractivity contribution in [1.82, 2.24) is 0 Å². The number of hydrogen-bond acceptors (Lipinski definition) is 6. The van der Waals surface area contributed by atoms with Gasteiger partial charge in [-0.05, 0) is 48.0 Å². The zero-order valence-electron chi connectivity index (χ0n) is 12.6. The van der Waals surface area contributed by atoms with Gasteiger partial charge in [0.1, 0.15) is 5.75 Å². The Balaban J connectivity index is 2.38. The highest BCUT2D eigenvalue weighted by Crippen LogP contribution is 2.17. The van der Waals surface area contributed by atoms with Crippen LogP contribution in [0.2, 0.25) is 0 Å². The molecule has 0 bridgehead atoms. The number of phenolic OH excluding ortho intramolecular Hbond substituents is 1. The lowest BCUT2D eigenvalue weighted by molar-refractivity contribution is 0.0599. The molecular weight excluding hydrogens is 298 g/mol. The van der Waals surface area contributed by atoms with Gasteiger partial charge < -0.3 is 14.6 Å². The number of nitrogens with zero attached hydrogens (tertiary/aromatic N) is 1. The van der Waals surface area contributed by atoms with Crippen LogP contribution in [0.25, 0.3) is 0 Å². The third-order valence-electron chi connectivity index (χ3n) is 3.01. The summed E-state index contributed by atoms with van der Waals surface area (Å²) in [6, 6.07) is 10.8. The Labute approximate surface area is 133 Å². The maximum absolute atomic E-state index is 11.7. The van der Waals surface area contributed by atoms with Gasteiger partial charge in [-0.3, -0.25) is 4.99 Å². The number of benzene rings is 2. The Kier molecular flexibility index (Phi) is 5.09. The van der Waals surface area contributed by atoms with Crippen LogP contribution >= 0.6 is 0 Å². The van der Waals surface area contributed by atoms with Crippen LogP contribution in [0.15, 0.2) is 47.5 Å². The summed E-state index contributed by atoms with van der Waals surface area (Å²) < 4.78 is 9.34. The van der Waals surface area contributed by atoms with E-state index in [1.807, 2.05) is 0 Å². The van der Waals surface area contributed by atoms with Crippen LogP contribution in [0, 0.1) is 0 Å². The zero-order valence-corrected chi connectivity index (χ0v) is 12.6. The minimum Gasteiger partial charge on any atom is -0.508 e. The molecular formula is C17H15NO5. The predicted octanol–water partition coefficient (Wildman–Crippen LogP) is 2.72. The number of carbonyl (C=O) groups excluding carboxylic acids is 2.